The highest BCUT2D eigenvalue weighted by Gasteiger charge is 2.23. The zero-order valence-electron chi connectivity index (χ0n) is 15.2. The van der Waals surface area contributed by atoms with Crippen LogP contribution in [0.1, 0.15) is 30.9 Å². The fourth-order valence-electron chi connectivity index (χ4n) is 3.06. The molecule has 26 heavy (non-hydrogen) atoms. The summed E-state index contributed by atoms with van der Waals surface area (Å²) in [6.45, 7) is 4.38. The van der Waals surface area contributed by atoms with E-state index in [1.54, 1.807) is 0 Å². The molecular weight excluding hydrogens is 324 g/mol. The number of ether oxygens (including phenoxy) is 1. The maximum Gasteiger partial charge on any atom is 0.253 e. The van der Waals surface area contributed by atoms with Gasteiger partial charge in [-0.3, -0.25) is 4.79 Å². The van der Waals surface area contributed by atoms with Crippen molar-refractivity contribution in [3.8, 4) is 0 Å². The normalized spacial score (nSPS) is 17.3. The summed E-state index contributed by atoms with van der Waals surface area (Å²) >= 11 is 0. The molecule has 136 valence electrons. The topological polar surface area (TPSA) is 50.4 Å². The molecular formula is C22H26N2O2. The number of hydrogen-bond donors (Lipinski definition) is 2. The minimum Gasteiger partial charge on any atom is -0.368 e. The second kappa shape index (κ2) is 9.32. The van der Waals surface area contributed by atoms with Gasteiger partial charge >= 0.3 is 0 Å². The Morgan fingerprint density at radius 2 is 2.04 bits per heavy atom. The SMILES string of the molecule is C/C(=C/c1ccccc1)CNCc1cccc(NC(=O)C2CCCO2)c1. The van der Waals surface area contributed by atoms with E-state index >= 15 is 0 Å². The van der Waals surface area contributed by atoms with Crippen molar-refractivity contribution in [2.75, 3.05) is 18.5 Å². The second-order valence-electron chi connectivity index (χ2n) is 6.70. The quantitative estimate of drug-likeness (QED) is 0.794. The van der Waals surface area contributed by atoms with Crippen LogP contribution in [0, 0.1) is 0 Å². The summed E-state index contributed by atoms with van der Waals surface area (Å²) in [5.74, 6) is -0.0470. The number of rotatable bonds is 7. The van der Waals surface area contributed by atoms with Crippen LogP contribution in [0.15, 0.2) is 60.2 Å². The molecule has 1 saturated heterocycles. The van der Waals surface area contributed by atoms with E-state index in [2.05, 4.69) is 41.8 Å². The van der Waals surface area contributed by atoms with Crippen LogP contribution in [-0.2, 0) is 16.1 Å². The average molecular weight is 350 g/mol. The van der Waals surface area contributed by atoms with E-state index in [1.165, 1.54) is 11.1 Å². The maximum absolute atomic E-state index is 12.1. The second-order valence-corrected chi connectivity index (χ2v) is 6.70. The van der Waals surface area contributed by atoms with Gasteiger partial charge in [-0.25, -0.2) is 0 Å². The van der Waals surface area contributed by atoms with Crippen LogP contribution in [0.3, 0.4) is 0 Å². The van der Waals surface area contributed by atoms with Crippen molar-refractivity contribution in [3.05, 3.63) is 71.3 Å². The molecule has 2 aromatic rings. The summed E-state index contributed by atoms with van der Waals surface area (Å²) < 4.78 is 5.43. The van der Waals surface area contributed by atoms with E-state index in [-0.39, 0.29) is 12.0 Å². The van der Waals surface area contributed by atoms with Crippen LogP contribution in [0.4, 0.5) is 5.69 Å². The van der Waals surface area contributed by atoms with Gasteiger partial charge in [0.2, 0.25) is 0 Å². The first kappa shape index (κ1) is 18.4. The van der Waals surface area contributed by atoms with Crippen LogP contribution in [-0.4, -0.2) is 25.2 Å². The van der Waals surface area contributed by atoms with Crippen molar-refractivity contribution >= 4 is 17.7 Å². The molecule has 1 atom stereocenters. The lowest BCUT2D eigenvalue weighted by atomic mass is 10.1. The van der Waals surface area contributed by atoms with Crippen molar-refractivity contribution in [1.82, 2.24) is 5.32 Å². The first-order valence-corrected chi connectivity index (χ1v) is 9.15. The Morgan fingerprint density at radius 1 is 1.19 bits per heavy atom. The van der Waals surface area contributed by atoms with Crippen molar-refractivity contribution in [3.63, 3.8) is 0 Å². The van der Waals surface area contributed by atoms with E-state index in [1.807, 2.05) is 36.4 Å². The predicted molar refractivity (Wildman–Crippen MR) is 106 cm³/mol. The van der Waals surface area contributed by atoms with Gasteiger partial charge in [0.25, 0.3) is 5.91 Å². The largest absolute Gasteiger partial charge is 0.368 e. The van der Waals surface area contributed by atoms with E-state index < -0.39 is 0 Å². The molecule has 0 aromatic heterocycles. The van der Waals surface area contributed by atoms with Crippen LogP contribution in [0.5, 0.6) is 0 Å². The summed E-state index contributed by atoms with van der Waals surface area (Å²) in [4.78, 5) is 12.1. The highest BCUT2D eigenvalue weighted by Crippen LogP contribution is 2.16. The smallest absolute Gasteiger partial charge is 0.253 e. The Kier molecular flexibility index (Phi) is 6.58. The Labute approximate surface area is 155 Å². The van der Waals surface area contributed by atoms with Crippen LogP contribution >= 0.6 is 0 Å². The third-order valence-corrected chi connectivity index (χ3v) is 4.36. The Hall–Kier alpha value is -2.43. The molecule has 0 aliphatic carbocycles. The summed E-state index contributed by atoms with van der Waals surface area (Å²) in [6, 6.07) is 18.3. The summed E-state index contributed by atoms with van der Waals surface area (Å²) in [6.07, 6.45) is 3.64. The van der Waals surface area contributed by atoms with E-state index in [0.29, 0.717) is 6.61 Å². The Balaban J connectivity index is 1.49. The minimum atomic E-state index is -0.303. The fourth-order valence-corrected chi connectivity index (χ4v) is 3.06. The third-order valence-electron chi connectivity index (χ3n) is 4.36. The summed E-state index contributed by atoms with van der Waals surface area (Å²) in [5.41, 5.74) is 4.45. The van der Waals surface area contributed by atoms with Gasteiger partial charge in [0.15, 0.2) is 0 Å². The van der Waals surface area contributed by atoms with Gasteiger partial charge < -0.3 is 15.4 Å². The molecule has 0 radical (unpaired) electrons. The van der Waals surface area contributed by atoms with Gasteiger partial charge in [0, 0.05) is 25.4 Å². The first-order chi connectivity index (χ1) is 12.7. The summed E-state index contributed by atoms with van der Waals surface area (Å²) in [5, 5.41) is 6.40. The van der Waals surface area contributed by atoms with E-state index in [4.69, 9.17) is 4.74 Å². The fraction of sp³-hybridized carbons (Fsp3) is 0.318. The van der Waals surface area contributed by atoms with Gasteiger partial charge in [-0.15, -0.1) is 0 Å². The lowest BCUT2D eigenvalue weighted by Crippen LogP contribution is -2.26. The van der Waals surface area contributed by atoms with Crippen LogP contribution < -0.4 is 10.6 Å². The molecule has 1 amide bonds. The molecule has 2 N–H and O–H groups in total. The van der Waals surface area contributed by atoms with Crippen molar-refractivity contribution in [2.45, 2.75) is 32.4 Å². The highest BCUT2D eigenvalue weighted by molar-refractivity contribution is 5.94. The molecule has 0 saturated carbocycles. The Morgan fingerprint density at radius 3 is 2.81 bits per heavy atom. The molecule has 1 unspecified atom stereocenters. The molecule has 1 aliphatic heterocycles. The maximum atomic E-state index is 12.1. The number of nitrogens with one attached hydrogen (secondary N) is 2. The number of hydrogen-bond acceptors (Lipinski definition) is 3. The molecule has 1 aliphatic rings. The molecule has 4 nitrogen and oxygen atoms in total. The number of benzene rings is 2. The highest BCUT2D eigenvalue weighted by atomic mass is 16.5. The van der Waals surface area contributed by atoms with E-state index in [9.17, 15) is 4.79 Å². The zero-order chi connectivity index (χ0) is 18.2. The molecule has 0 spiro atoms. The lowest BCUT2D eigenvalue weighted by Gasteiger charge is -2.12. The molecule has 3 rings (SSSR count). The average Bonchev–Trinajstić information content (AvgIpc) is 3.18. The van der Waals surface area contributed by atoms with Gasteiger partial charge in [-0.05, 0) is 43.0 Å². The minimum absolute atomic E-state index is 0.0470. The predicted octanol–water partition coefficient (Wildman–Crippen LogP) is 4.00. The van der Waals surface area contributed by atoms with Gasteiger partial charge in [0.05, 0.1) is 0 Å². The van der Waals surface area contributed by atoms with Crippen molar-refractivity contribution in [2.24, 2.45) is 0 Å². The molecule has 1 fully saturated rings. The Bertz CT molecular complexity index is 750. The van der Waals surface area contributed by atoms with Crippen molar-refractivity contribution < 1.29 is 9.53 Å². The van der Waals surface area contributed by atoms with E-state index in [0.717, 1.165) is 37.2 Å². The summed E-state index contributed by atoms with van der Waals surface area (Å²) in [7, 11) is 0. The number of amides is 1. The van der Waals surface area contributed by atoms with Gasteiger partial charge in [-0.1, -0.05) is 54.1 Å². The van der Waals surface area contributed by atoms with Gasteiger partial charge in [-0.2, -0.15) is 0 Å². The zero-order valence-corrected chi connectivity index (χ0v) is 15.2. The van der Waals surface area contributed by atoms with Crippen molar-refractivity contribution in [1.29, 1.82) is 0 Å². The molecule has 2 aromatic carbocycles. The van der Waals surface area contributed by atoms with Gasteiger partial charge in [0.1, 0.15) is 6.10 Å². The monoisotopic (exact) mass is 350 g/mol. The van der Waals surface area contributed by atoms with Crippen LogP contribution in [0.25, 0.3) is 6.08 Å². The number of carbonyl (C=O) groups is 1. The number of carbonyl (C=O) groups excluding carboxylic acids is 1. The molecule has 0 bridgehead atoms. The first-order valence-electron chi connectivity index (χ1n) is 9.15. The molecule has 4 heteroatoms. The molecule has 1 heterocycles. The van der Waals surface area contributed by atoms with Crippen LogP contribution in [0.2, 0.25) is 0 Å². The number of anilines is 1. The lowest BCUT2D eigenvalue weighted by molar-refractivity contribution is -0.124. The third kappa shape index (κ3) is 5.55. The standard InChI is InChI=1S/C22H26N2O2/c1-17(13-18-7-3-2-4-8-18)15-23-16-19-9-5-10-20(14-19)24-22(25)21-11-6-12-26-21/h2-5,7-10,13-14,21,23H,6,11-12,15-16H2,1H3,(H,24,25)/b17-13-.